The Kier molecular flexibility index (Phi) is 6.09. The van der Waals surface area contributed by atoms with E-state index < -0.39 is 24.0 Å². The first-order valence-electron chi connectivity index (χ1n) is 8.25. The molecule has 0 aliphatic carbocycles. The summed E-state index contributed by atoms with van der Waals surface area (Å²) in [5.74, 6) is -2.00. The van der Waals surface area contributed by atoms with Gasteiger partial charge in [-0.25, -0.2) is 4.79 Å². The van der Waals surface area contributed by atoms with E-state index in [0.717, 1.165) is 5.56 Å². The van der Waals surface area contributed by atoms with Gasteiger partial charge in [-0.15, -0.1) is 0 Å². The molecule has 2 rings (SSSR count). The van der Waals surface area contributed by atoms with Gasteiger partial charge in [0.25, 0.3) is 0 Å². The van der Waals surface area contributed by atoms with Crippen LogP contribution in [0.15, 0.2) is 30.3 Å². The lowest BCUT2D eigenvalue weighted by molar-refractivity contribution is -0.150. The molecule has 3 N–H and O–H groups in total. The van der Waals surface area contributed by atoms with E-state index in [1.165, 1.54) is 4.90 Å². The molecule has 1 aliphatic heterocycles. The van der Waals surface area contributed by atoms with Crippen LogP contribution in [0.3, 0.4) is 0 Å². The molecule has 1 fully saturated rings. The van der Waals surface area contributed by atoms with Gasteiger partial charge >= 0.3 is 5.97 Å². The summed E-state index contributed by atoms with van der Waals surface area (Å²) in [6.07, 6.45) is 1.61. The van der Waals surface area contributed by atoms with E-state index in [4.69, 9.17) is 10.8 Å². The molecule has 1 aromatic rings. The molecular formula is C18H24N2O4. The van der Waals surface area contributed by atoms with E-state index in [2.05, 4.69) is 0 Å². The average molecular weight is 332 g/mol. The summed E-state index contributed by atoms with van der Waals surface area (Å²) < 4.78 is 0. The molecule has 0 saturated carbocycles. The third kappa shape index (κ3) is 4.41. The first kappa shape index (κ1) is 18.1. The predicted octanol–water partition coefficient (Wildman–Crippen LogP) is 1.23. The molecular weight excluding hydrogens is 308 g/mol. The number of aliphatic carboxylic acids is 1. The minimum absolute atomic E-state index is 0.0374. The van der Waals surface area contributed by atoms with Gasteiger partial charge in [0.05, 0.1) is 6.04 Å². The average Bonchev–Trinajstić information content (AvgIpc) is 3.04. The van der Waals surface area contributed by atoms with Crippen molar-refractivity contribution < 1.29 is 19.5 Å². The summed E-state index contributed by atoms with van der Waals surface area (Å²) in [6.45, 7) is 2.09. The summed E-state index contributed by atoms with van der Waals surface area (Å²) in [6, 6.07) is 8.06. The summed E-state index contributed by atoms with van der Waals surface area (Å²) in [7, 11) is 0. The monoisotopic (exact) mass is 332 g/mol. The lowest BCUT2D eigenvalue weighted by atomic mass is 9.95. The molecule has 24 heavy (non-hydrogen) atoms. The van der Waals surface area contributed by atoms with Crippen molar-refractivity contribution in [3.8, 4) is 0 Å². The van der Waals surface area contributed by atoms with Crippen LogP contribution in [0, 0.1) is 5.92 Å². The summed E-state index contributed by atoms with van der Waals surface area (Å²) in [5, 5.41) is 9.17. The zero-order valence-electron chi connectivity index (χ0n) is 13.9. The van der Waals surface area contributed by atoms with Crippen LogP contribution in [0.5, 0.6) is 0 Å². The molecule has 6 heteroatoms. The Labute approximate surface area is 141 Å². The smallest absolute Gasteiger partial charge is 0.326 e. The maximum atomic E-state index is 12.4. The SMILES string of the molecule is C[C@@H](CC(=O)[C@H](N)Cc1ccccc1)C(=O)N1CCC[C@H]1C(=O)O. The molecule has 130 valence electrons. The first-order chi connectivity index (χ1) is 11.4. The Morgan fingerprint density at radius 3 is 2.58 bits per heavy atom. The Morgan fingerprint density at radius 2 is 1.96 bits per heavy atom. The highest BCUT2D eigenvalue weighted by atomic mass is 16.4. The van der Waals surface area contributed by atoms with Crippen LogP contribution in [0.1, 0.15) is 31.7 Å². The molecule has 0 spiro atoms. The van der Waals surface area contributed by atoms with Gasteiger partial charge in [0.2, 0.25) is 5.91 Å². The fraction of sp³-hybridized carbons (Fsp3) is 0.500. The molecule has 1 saturated heterocycles. The predicted molar refractivity (Wildman–Crippen MR) is 89.3 cm³/mol. The second kappa shape index (κ2) is 8.06. The van der Waals surface area contributed by atoms with Gasteiger partial charge in [-0.05, 0) is 24.8 Å². The van der Waals surface area contributed by atoms with Crippen molar-refractivity contribution in [3.63, 3.8) is 0 Å². The van der Waals surface area contributed by atoms with E-state index in [1.54, 1.807) is 6.92 Å². The molecule has 1 aromatic carbocycles. The Morgan fingerprint density at radius 1 is 1.29 bits per heavy atom. The first-order valence-corrected chi connectivity index (χ1v) is 8.25. The quantitative estimate of drug-likeness (QED) is 0.782. The van der Waals surface area contributed by atoms with Crippen LogP contribution >= 0.6 is 0 Å². The Bertz CT molecular complexity index is 602. The van der Waals surface area contributed by atoms with Crippen molar-refractivity contribution in [2.24, 2.45) is 11.7 Å². The lowest BCUT2D eigenvalue weighted by Gasteiger charge is -2.25. The fourth-order valence-corrected chi connectivity index (χ4v) is 3.09. The third-order valence-electron chi connectivity index (χ3n) is 4.46. The summed E-state index contributed by atoms with van der Waals surface area (Å²) >= 11 is 0. The van der Waals surface area contributed by atoms with Gasteiger partial charge in [-0.1, -0.05) is 37.3 Å². The molecule has 3 atom stereocenters. The molecule has 0 aromatic heterocycles. The highest BCUT2D eigenvalue weighted by Crippen LogP contribution is 2.21. The molecule has 0 unspecified atom stereocenters. The number of ketones is 1. The summed E-state index contributed by atoms with van der Waals surface area (Å²) in [5.41, 5.74) is 6.93. The van der Waals surface area contributed by atoms with E-state index in [-0.39, 0.29) is 18.1 Å². The summed E-state index contributed by atoms with van der Waals surface area (Å²) in [4.78, 5) is 37.3. The van der Waals surface area contributed by atoms with E-state index >= 15 is 0 Å². The van der Waals surface area contributed by atoms with Gasteiger partial charge in [0.1, 0.15) is 6.04 Å². The number of nitrogens with zero attached hydrogens (tertiary/aromatic N) is 1. The van der Waals surface area contributed by atoms with Crippen LogP contribution in [0.2, 0.25) is 0 Å². The van der Waals surface area contributed by atoms with Crippen molar-refractivity contribution in [2.45, 2.75) is 44.7 Å². The number of likely N-dealkylation sites (tertiary alicyclic amines) is 1. The second-order valence-corrected chi connectivity index (χ2v) is 6.40. The number of amides is 1. The zero-order chi connectivity index (χ0) is 17.7. The number of carbonyl (C=O) groups excluding carboxylic acids is 2. The number of carboxylic acids is 1. The van der Waals surface area contributed by atoms with Crippen LogP contribution in [0.4, 0.5) is 0 Å². The maximum absolute atomic E-state index is 12.4. The Balaban J connectivity index is 1.90. The van der Waals surface area contributed by atoms with Crippen molar-refractivity contribution in [2.75, 3.05) is 6.54 Å². The molecule has 1 aliphatic rings. The van der Waals surface area contributed by atoms with E-state index in [0.29, 0.717) is 25.8 Å². The van der Waals surface area contributed by atoms with Gasteiger partial charge in [0.15, 0.2) is 5.78 Å². The lowest BCUT2D eigenvalue weighted by Crippen LogP contribution is -2.44. The highest BCUT2D eigenvalue weighted by molar-refractivity contribution is 5.91. The number of hydrogen-bond acceptors (Lipinski definition) is 4. The van der Waals surface area contributed by atoms with Crippen LogP contribution in [-0.4, -0.2) is 46.3 Å². The topological polar surface area (TPSA) is 101 Å². The maximum Gasteiger partial charge on any atom is 0.326 e. The van der Waals surface area contributed by atoms with Crippen LogP contribution < -0.4 is 5.73 Å². The second-order valence-electron chi connectivity index (χ2n) is 6.40. The molecule has 0 radical (unpaired) electrons. The van der Waals surface area contributed by atoms with Gasteiger partial charge in [-0.3, -0.25) is 9.59 Å². The highest BCUT2D eigenvalue weighted by Gasteiger charge is 2.36. The van der Waals surface area contributed by atoms with E-state index in [9.17, 15) is 14.4 Å². The number of benzene rings is 1. The normalized spacial score (nSPS) is 19.8. The fourth-order valence-electron chi connectivity index (χ4n) is 3.09. The van der Waals surface area contributed by atoms with Crippen molar-refractivity contribution in [1.82, 2.24) is 4.90 Å². The minimum atomic E-state index is -0.986. The number of carboxylic acid groups (broad SMARTS) is 1. The number of carbonyl (C=O) groups is 3. The third-order valence-corrected chi connectivity index (χ3v) is 4.46. The van der Waals surface area contributed by atoms with Crippen molar-refractivity contribution in [1.29, 1.82) is 0 Å². The number of nitrogens with two attached hydrogens (primary N) is 1. The number of hydrogen-bond donors (Lipinski definition) is 2. The zero-order valence-corrected chi connectivity index (χ0v) is 13.9. The van der Waals surface area contributed by atoms with E-state index in [1.807, 2.05) is 30.3 Å². The largest absolute Gasteiger partial charge is 0.480 e. The van der Waals surface area contributed by atoms with Gasteiger partial charge in [-0.2, -0.15) is 0 Å². The van der Waals surface area contributed by atoms with Gasteiger partial charge in [0, 0.05) is 18.9 Å². The molecule has 0 bridgehead atoms. The van der Waals surface area contributed by atoms with Gasteiger partial charge < -0.3 is 15.7 Å². The molecule has 1 heterocycles. The standard InChI is InChI=1S/C18H24N2O4/c1-12(17(22)20-9-5-8-15(20)18(23)24)10-16(21)14(19)11-13-6-3-2-4-7-13/h2-4,6-7,12,14-15H,5,8-11,19H2,1H3,(H,23,24)/t12-,14+,15-/m0/s1. The Hall–Kier alpha value is -2.21. The number of rotatable bonds is 7. The minimum Gasteiger partial charge on any atom is -0.480 e. The van der Waals surface area contributed by atoms with Crippen LogP contribution in [0.25, 0.3) is 0 Å². The van der Waals surface area contributed by atoms with Crippen molar-refractivity contribution in [3.05, 3.63) is 35.9 Å². The number of Topliss-reactive ketones (excluding diaryl/α,β-unsaturated/α-hetero) is 1. The molecule has 1 amide bonds. The van der Waals surface area contributed by atoms with Crippen molar-refractivity contribution >= 4 is 17.7 Å². The molecule has 6 nitrogen and oxygen atoms in total. The van der Waals surface area contributed by atoms with Crippen LogP contribution in [-0.2, 0) is 20.8 Å².